The van der Waals surface area contributed by atoms with Crippen molar-refractivity contribution in [1.29, 1.82) is 0 Å². The Bertz CT molecular complexity index is 918. The zero-order chi connectivity index (χ0) is 20.6. The van der Waals surface area contributed by atoms with E-state index in [-0.39, 0.29) is 23.5 Å². The Morgan fingerprint density at radius 3 is 2.63 bits per heavy atom. The van der Waals surface area contributed by atoms with Crippen LogP contribution in [0.2, 0.25) is 0 Å². The van der Waals surface area contributed by atoms with Crippen LogP contribution < -0.4 is 0 Å². The first-order valence-corrected chi connectivity index (χ1v) is 11.9. The Hall–Kier alpha value is -2.18. The maximum absolute atomic E-state index is 13.5. The summed E-state index contributed by atoms with van der Waals surface area (Å²) in [5, 5.41) is 2.16. The van der Waals surface area contributed by atoms with Crippen molar-refractivity contribution in [2.75, 3.05) is 26.2 Å². The molecule has 0 bridgehead atoms. The molecule has 2 aromatic rings. The highest BCUT2D eigenvalue weighted by Gasteiger charge is 2.44. The predicted molar refractivity (Wildman–Crippen MR) is 117 cm³/mol. The van der Waals surface area contributed by atoms with E-state index >= 15 is 0 Å². The molecule has 1 aromatic carbocycles. The highest BCUT2D eigenvalue weighted by Crippen LogP contribution is 2.44. The maximum atomic E-state index is 13.5. The molecule has 3 aliphatic rings. The summed E-state index contributed by atoms with van der Waals surface area (Å²) in [6.45, 7) is 2.81. The molecule has 1 atom stereocenters. The number of carbonyl (C=O) groups is 2. The lowest BCUT2D eigenvalue weighted by molar-refractivity contribution is -0.145. The van der Waals surface area contributed by atoms with Gasteiger partial charge in [-0.3, -0.25) is 9.59 Å². The number of hydrogen-bond acceptors (Lipinski definition) is 4. The predicted octanol–water partition coefficient (Wildman–Crippen LogP) is 3.83. The van der Waals surface area contributed by atoms with Gasteiger partial charge in [-0.05, 0) is 67.7 Å². The second kappa shape index (κ2) is 8.16. The monoisotopic (exact) mass is 424 g/mol. The fourth-order valence-corrected chi connectivity index (χ4v) is 6.37. The average Bonchev–Trinajstić information content (AvgIpc) is 3.30. The van der Waals surface area contributed by atoms with Crippen LogP contribution in [0, 0.1) is 0 Å². The number of hydrogen-bond donors (Lipinski definition) is 0. The fraction of sp³-hybridized carbons (Fsp3) is 0.500. The van der Waals surface area contributed by atoms with Gasteiger partial charge in [-0.2, -0.15) is 0 Å². The number of nitrogens with zero attached hydrogens (tertiary/aromatic N) is 2. The van der Waals surface area contributed by atoms with E-state index in [1.807, 2.05) is 35.2 Å². The number of likely N-dealkylation sites (tertiary alicyclic amines) is 2. The van der Waals surface area contributed by atoms with Crippen LogP contribution in [0.4, 0.5) is 0 Å². The maximum Gasteiger partial charge on any atom is 0.254 e. The molecule has 2 amide bonds. The fourth-order valence-electron chi connectivity index (χ4n) is 5.20. The van der Waals surface area contributed by atoms with Gasteiger partial charge in [0.05, 0.1) is 6.61 Å². The minimum absolute atomic E-state index is 0.0269. The molecule has 2 fully saturated rings. The van der Waals surface area contributed by atoms with Crippen LogP contribution in [-0.4, -0.2) is 53.9 Å². The Labute approximate surface area is 181 Å². The van der Waals surface area contributed by atoms with E-state index < -0.39 is 0 Å². The topological polar surface area (TPSA) is 49.9 Å². The largest absolute Gasteiger partial charge is 0.369 e. The molecule has 1 unspecified atom stereocenters. The normalized spacial score (nSPS) is 23.3. The number of piperidine rings is 2. The summed E-state index contributed by atoms with van der Waals surface area (Å²) < 4.78 is 6.29. The summed E-state index contributed by atoms with van der Waals surface area (Å²) in [5.74, 6) is 0.0806. The van der Waals surface area contributed by atoms with Crippen molar-refractivity contribution in [3.63, 3.8) is 0 Å². The molecule has 4 heterocycles. The number of rotatable bonds is 2. The molecule has 0 aliphatic carbocycles. The molecule has 1 aromatic heterocycles. The van der Waals surface area contributed by atoms with Gasteiger partial charge in [0.25, 0.3) is 5.91 Å². The van der Waals surface area contributed by atoms with Gasteiger partial charge < -0.3 is 14.5 Å². The quantitative estimate of drug-likeness (QED) is 0.736. The molecule has 3 aliphatic heterocycles. The number of amides is 2. The van der Waals surface area contributed by atoms with Crippen LogP contribution in [0.5, 0.6) is 0 Å². The summed E-state index contributed by atoms with van der Waals surface area (Å²) in [5.41, 5.74) is 1.86. The Balaban J connectivity index is 1.30. The number of carbonyl (C=O) groups excluding carboxylic acids is 2. The van der Waals surface area contributed by atoms with Crippen LogP contribution in [0.3, 0.4) is 0 Å². The number of fused-ring (bicyclic) bond motifs is 2. The van der Waals surface area contributed by atoms with E-state index in [1.165, 1.54) is 10.4 Å². The van der Waals surface area contributed by atoms with E-state index in [4.69, 9.17) is 4.74 Å². The van der Waals surface area contributed by atoms with E-state index in [1.54, 1.807) is 16.2 Å². The van der Waals surface area contributed by atoms with Gasteiger partial charge >= 0.3 is 0 Å². The van der Waals surface area contributed by atoms with Crippen molar-refractivity contribution in [1.82, 2.24) is 9.80 Å². The zero-order valence-electron chi connectivity index (χ0n) is 17.2. The van der Waals surface area contributed by atoms with Crippen LogP contribution in [0.1, 0.15) is 52.9 Å². The first kappa shape index (κ1) is 19.8. The Morgan fingerprint density at radius 1 is 1.03 bits per heavy atom. The van der Waals surface area contributed by atoms with Crippen LogP contribution in [-0.2, 0) is 21.6 Å². The van der Waals surface area contributed by atoms with Gasteiger partial charge in [0, 0.05) is 30.1 Å². The molecule has 1 spiro atoms. The molecule has 5 rings (SSSR count). The van der Waals surface area contributed by atoms with Crippen molar-refractivity contribution in [3.05, 3.63) is 57.8 Å². The number of thiophene rings is 1. The van der Waals surface area contributed by atoms with Crippen LogP contribution in [0.25, 0.3) is 0 Å². The van der Waals surface area contributed by atoms with E-state index in [2.05, 4.69) is 11.4 Å². The lowest BCUT2D eigenvalue weighted by Gasteiger charge is -2.45. The molecule has 0 saturated carbocycles. The Kier molecular flexibility index (Phi) is 5.37. The molecule has 158 valence electrons. The summed E-state index contributed by atoms with van der Waals surface area (Å²) in [4.78, 5) is 31.7. The van der Waals surface area contributed by atoms with Gasteiger partial charge in [0.15, 0.2) is 0 Å². The summed E-state index contributed by atoms with van der Waals surface area (Å²) in [7, 11) is 0. The average molecular weight is 425 g/mol. The molecule has 6 heteroatoms. The molecular weight excluding hydrogens is 396 g/mol. The number of benzene rings is 1. The Morgan fingerprint density at radius 2 is 1.83 bits per heavy atom. The summed E-state index contributed by atoms with van der Waals surface area (Å²) in [6.07, 6.45) is 5.37. The van der Waals surface area contributed by atoms with Crippen LogP contribution in [0.15, 0.2) is 41.8 Å². The first-order valence-electron chi connectivity index (χ1n) is 11.0. The van der Waals surface area contributed by atoms with Gasteiger partial charge in [0.1, 0.15) is 11.6 Å². The van der Waals surface area contributed by atoms with E-state index in [9.17, 15) is 9.59 Å². The smallest absolute Gasteiger partial charge is 0.254 e. The minimum atomic E-state index is -0.343. The minimum Gasteiger partial charge on any atom is -0.369 e. The molecule has 30 heavy (non-hydrogen) atoms. The van der Waals surface area contributed by atoms with E-state index in [0.29, 0.717) is 25.2 Å². The van der Waals surface area contributed by atoms with Gasteiger partial charge in [0.2, 0.25) is 5.91 Å². The molecule has 0 radical (unpaired) electrons. The highest BCUT2D eigenvalue weighted by molar-refractivity contribution is 7.10. The molecule has 0 N–H and O–H groups in total. The third kappa shape index (κ3) is 3.46. The third-order valence-corrected chi connectivity index (χ3v) is 8.00. The van der Waals surface area contributed by atoms with Gasteiger partial charge in [-0.1, -0.05) is 18.2 Å². The zero-order valence-corrected chi connectivity index (χ0v) is 18.0. The standard InChI is InChI=1S/C24H28N2O3S/c27-22(19-6-2-1-3-7-19)26-13-5-4-8-20(26)23(28)25-14-11-24(12-15-25)21-18(9-16-29-24)10-17-30-21/h1-3,6-7,10,17,20H,4-5,8-9,11-16H2. The SMILES string of the molecule is O=C(C1CCCCN1C(=O)c1ccccc1)N1CCC2(CC1)OCCc1ccsc12. The van der Waals surface area contributed by atoms with Crippen molar-refractivity contribution in [2.45, 2.75) is 50.2 Å². The highest BCUT2D eigenvalue weighted by atomic mass is 32.1. The lowest BCUT2D eigenvalue weighted by Crippen LogP contribution is -2.56. The molecular formula is C24H28N2O3S. The summed E-state index contributed by atoms with van der Waals surface area (Å²) in [6, 6.07) is 11.2. The van der Waals surface area contributed by atoms with Crippen molar-refractivity contribution in [3.8, 4) is 0 Å². The van der Waals surface area contributed by atoms with Crippen molar-refractivity contribution < 1.29 is 14.3 Å². The van der Waals surface area contributed by atoms with Gasteiger partial charge in [-0.15, -0.1) is 11.3 Å². The summed E-state index contributed by atoms with van der Waals surface area (Å²) >= 11 is 1.79. The van der Waals surface area contributed by atoms with Crippen LogP contribution >= 0.6 is 11.3 Å². The first-order chi connectivity index (χ1) is 14.7. The van der Waals surface area contributed by atoms with E-state index in [0.717, 1.165) is 45.1 Å². The van der Waals surface area contributed by atoms with Crippen molar-refractivity contribution >= 4 is 23.2 Å². The van der Waals surface area contributed by atoms with Crippen molar-refractivity contribution in [2.24, 2.45) is 0 Å². The lowest BCUT2D eigenvalue weighted by atomic mass is 9.85. The third-order valence-electron chi connectivity index (χ3n) is 6.86. The second-order valence-electron chi connectivity index (χ2n) is 8.57. The van der Waals surface area contributed by atoms with Gasteiger partial charge in [-0.25, -0.2) is 0 Å². The second-order valence-corrected chi connectivity index (χ2v) is 9.49. The molecule has 2 saturated heterocycles. The number of ether oxygens (including phenoxy) is 1. The molecule has 5 nitrogen and oxygen atoms in total.